The molecule has 2 nitrogen and oxygen atoms in total. The van der Waals surface area contributed by atoms with Gasteiger partial charge < -0.3 is 5.73 Å². The van der Waals surface area contributed by atoms with E-state index in [0.717, 1.165) is 17.1 Å². The molecule has 0 spiro atoms. The van der Waals surface area contributed by atoms with E-state index in [1.165, 1.54) is 16.0 Å². The van der Waals surface area contributed by atoms with E-state index >= 15 is 0 Å². The van der Waals surface area contributed by atoms with Crippen molar-refractivity contribution in [3.8, 4) is 0 Å². The lowest BCUT2D eigenvalue weighted by molar-refractivity contribution is 0.872. The number of nitrogens with zero attached hydrogens (tertiary/aromatic N) is 1. The summed E-state index contributed by atoms with van der Waals surface area (Å²) < 4.78 is 0. The highest BCUT2D eigenvalue weighted by atomic mass is 32.1. The Kier molecular flexibility index (Phi) is 3.60. The van der Waals surface area contributed by atoms with E-state index < -0.39 is 0 Å². The van der Waals surface area contributed by atoms with Crippen molar-refractivity contribution >= 4 is 11.3 Å². The summed E-state index contributed by atoms with van der Waals surface area (Å²) >= 11 is 1.69. The summed E-state index contributed by atoms with van der Waals surface area (Å²) in [6.45, 7) is 6.21. The van der Waals surface area contributed by atoms with Crippen LogP contribution in [-0.2, 0) is 6.42 Å². The van der Waals surface area contributed by atoms with Crippen LogP contribution in [0.3, 0.4) is 0 Å². The summed E-state index contributed by atoms with van der Waals surface area (Å²) in [5.41, 5.74) is 9.89. The van der Waals surface area contributed by atoms with E-state index in [1.54, 1.807) is 11.3 Å². The molecule has 3 heteroatoms. The average molecular weight is 246 g/mol. The maximum Gasteiger partial charge on any atom is 0.0900 e. The summed E-state index contributed by atoms with van der Waals surface area (Å²) in [5.74, 6) is 0. The molecule has 2 aromatic rings. The van der Waals surface area contributed by atoms with Crippen LogP contribution in [0.15, 0.2) is 24.3 Å². The highest BCUT2D eigenvalue weighted by Gasteiger charge is 2.15. The molecule has 2 rings (SSSR count). The van der Waals surface area contributed by atoms with Gasteiger partial charge in [-0.15, -0.1) is 11.3 Å². The Bertz CT molecular complexity index is 517. The van der Waals surface area contributed by atoms with Crippen LogP contribution in [0.5, 0.6) is 0 Å². The van der Waals surface area contributed by atoms with Gasteiger partial charge in [-0.2, -0.15) is 0 Å². The molecule has 17 heavy (non-hydrogen) atoms. The molecule has 2 N–H and O–H groups in total. The van der Waals surface area contributed by atoms with E-state index in [-0.39, 0.29) is 6.04 Å². The first-order valence-electron chi connectivity index (χ1n) is 5.90. The number of aryl methyl sites for hydroxylation is 3. The molecular weight excluding hydrogens is 228 g/mol. The van der Waals surface area contributed by atoms with Gasteiger partial charge in [0.05, 0.1) is 16.7 Å². The van der Waals surface area contributed by atoms with Crippen LogP contribution < -0.4 is 5.73 Å². The minimum atomic E-state index is -0.0484. The summed E-state index contributed by atoms with van der Waals surface area (Å²) in [4.78, 5) is 5.62. The molecule has 0 saturated heterocycles. The predicted octanol–water partition coefficient (Wildman–Crippen LogP) is 3.37. The maximum atomic E-state index is 6.32. The van der Waals surface area contributed by atoms with Gasteiger partial charge in [0.15, 0.2) is 0 Å². The maximum absolute atomic E-state index is 6.32. The van der Waals surface area contributed by atoms with E-state index in [9.17, 15) is 0 Å². The second kappa shape index (κ2) is 4.98. The summed E-state index contributed by atoms with van der Waals surface area (Å²) in [6, 6.07) is 8.46. The fourth-order valence-electron chi connectivity index (χ4n) is 1.99. The minimum absolute atomic E-state index is 0.0484. The first-order valence-corrected chi connectivity index (χ1v) is 6.71. The molecule has 1 aromatic heterocycles. The molecule has 1 unspecified atom stereocenters. The number of nitrogens with two attached hydrogens (primary N) is 1. The van der Waals surface area contributed by atoms with Gasteiger partial charge in [0.25, 0.3) is 0 Å². The van der Waals surface area contributed by atoms with Gasteiger partial charge in [-0.1, -0.05) is 31.2 Å². The fraction of sp³-hybridized carbons (Fsp3) is 0.357. The second-order valence-corrected chi connectivity index (χ2v) is 5.49. The zero-order chi connectivity index (χ0) is 12.4. The zero-order valence-electron chi connectivity index (χ0n) is 10.5. The third kappa shape index (κ3) is 2.56. The van der Waals surface area contributed by atoms with Crippen LogP contribution in [0.25, 0.3) is 0 Å². The predicted molar refractivity (Wildman–Crippen MR) is 73.4 cm³/mol. The van der Waals surface area contributed by atoms with E-state index in [2.05, 4.69) is 36.2 Å². The van der Waals surface area contributed by atoms with Crippen LogP contribution in [-0.4, -0.2) is 4.98 Å². The van der Waals surface area contributed by atoms with Crippen LogP contribution in [0, 0.1) is 13.8 Å². The normalized spacial score (nSPS) is 12.7. The van der Waals surface area contributed by atoms with Gasteiger partial charge in [0.1, 0.15) is 0 Å². The lowest BCUT2D eigenvalue weighted by atomic mass is 10.0. The molecule has 0 saturated carbocycles. The first kappa shape index (κ1) is 12.3. The molecule has 0 radical (unpaired) electrons. The van der Waals surface area contributed by atoms with Gasteiger partial charge in [-0.3, -0.25) is 0 Å². The van der Waals surface area contributed by atoms with Gasteiger partial charge in [-0.25, -0.2) is 4.98 Å². The van der Waals surface area contributed by atoms with Crippen molar-refractivity contribution in [1.82, 2.24) is 4.98 Å². The standard InChI is InChI=1S/C14H18N2S/c1-4-11-6-5-7-12(8-11)13(15)14-9(2)16-10(3)17-14/h5-8,13H,4,15H2,1-3H3. The van der Waals surface area contributed by atoms with Crippen molar-refractivity contribution in [1.29, 1.82) is 0 Å². The molecule has 1 atom stereocenters. The number of hydrogen-bond donors (Lipinski definition) is 1. The summed E-state index contributed by atoms with van der Waals surface area (Å²) in [6.07, 6.45) is 1.04. The van der Waals surface area contributed by atoms with Gasteiger partial charge in [0.2, 0.25) is 0 Å². The number of thiazole rings is 1. The number of aromatic nitrogens is 1. The largest absolute Gasteiger partial charge is 0.320 e. The summed E-state index contributed by atoms with van der Waals surface area (Å²) in [5, 5.41) is 1.08. The quantitative estimate of drug-likeness (QED) is 0.901. The van der Waals surface area contributed by atoms with E-state index in [4.69, 9.17) is 5.73 Å². The third-order valence-corrected chi connectivity index (χ3v) is 4.10. The van der Waals surface area contributed by atoms with Crippen molar-refractivity contribution in [2.24, 2.45) is 5.73 Å². The Balaban J connectivity index is 2.36. The molecule has 0 bridgehead atoms. The third-order valence-electron chi connectivity index (χ3n) is 2.94. The van der Waals surface area contributed by atoms with Crippen LogP contribution in [0.4, 0.5) is 0 Å². The Morgan fingerprint density at radius 3 is 2.71 bits per heavy atom. The molecule has 90 valence electrons. The molecule has 0 fully saturated rings. The Hall–Kier alpha value is -1.19. The number of hydrogen-bond acceptors (Lipinski definition) is 3. The van der Waals surface area contributed by atoms with Gasteiger partial charge in [-0.05, 0) is 31.4 Å². The monoisotopic (exact) mass is 246 g/mol. The van der Waals surface area contributed by atoms with Crippen LogP contribution in [0.2, 0.25) is 0 Å². The topological polar surface area (TPSA) is 38.9 Å². The Morgan fingerprint density at radius 2 is 2.12 bits per heavy atom. The smallest absolute Gasteiger partial charge is 0.0900 e. The first-order chi connectivity index (χ1) is 8.11. The van der Waals surface area contributed by atoms with Crippen molar-refractivity contribution in [2.75, 3.05) is 0 Å². The number of rotatable bonds is 3. The number of benzene rings is 1. The Labute approximate surface area is 107 Å². The fourth-order valence-corrected chi connectivity index (χ4v) is 2.95. The lowest BCUT2D eigenvalue weighted by Gasteiger charge is -2.12. The van der Waals surface area contributed by atoms with Crippen molar-refractivity contribution in [2.45, 2.75) is 33.2 Å². The average Bonchev–Trinajstić information content (AvgIpc) is 2.67. The molecule has 1 aromatic carbocycles. The van der Waals surface area contributed by atoms with Crippen LogP contribution in [0.1, 0.15) is 39.7 Å². The minimum Gasteiger partial charge on any atom is -0.320 e. The Morgan fingerprint density at radius 1 is 1.35 bits per heavy atom. The molecule has 0 aliphatic carbocycles. The molecule has 0 aliphatic rings. The van der Waals surface area contributed by atoms with Crippen molar-refractivity contribution in [3.05, 3.63) is 51.0 Å². The van der Waals surface area contributed by atoms with Gasteiger partial charge in [0, 0.05) is 4.88 Å². The highest BCUT2D eigenvalue weighted by Crippen LogP contribution is 2.28. The summed E-state index contributed by atoms with van der Waals surface area (Å²) in [7, 11) is 0. The SMILES string of the molecule is CCc1cccc(C(N)c2sc(C)nc2C)c1. The molecule has 0 amide bonds. The van der Waals surface area contributed by atoms with Crippen LogP contribution >= 0.6 is 11.3 Å². The van der Waals surface area contributed by atoms with E-state index in [1.807, 2.05) is 13.8 Å². The molecule has 0 aliphatic heterocycles. The van der Waals surface area contributed by atoms with E-state index in [0.29, 0.717) is 0 Å². The highest BCUT2D eigenvalue weighted by molar-refractivity contribution is 7.11. The second-order valence-electron chi connectivity index (χ2n) is 4.26. The zero-order valence-corrected chi connectivity index (χ0v) is 11.3. The van der Waals surface area contributed by atoms with Crippen molar-refractivity contribution < 1.29 is 0 Å². The van der Waals surface area contributed by atoms with Crippen molar-refractivity contribution in [3.63, 3.8) is 0 Å². The lowest BCUT2D eigenvalue weighted by Crippen LogP contribution is -2.11. The van der Waals surface area contributed by atoms with Gasteiger partial charge >= 0.3 is 0 Å². The molecular formula is C14H18N2S. The molecule has 1 heterocycles.